The maximum Gasteiger partial charge on any atom is 0.346 e. The fourth-order valence-electron chi connectivity index (χ4n) is 1.62. The molecule has 108 valence electrons. The summed E-state index contributed by atoms with van der Waals surface area (Å²) in [6.07, 6.45) is -1.54. The smallest absolute Gasteiger partial charge is 0.346 e. The molecular weight excluding hydrogens is 272 g/mol. The van der Waals surface area contributed by atoms with Crippen molar-refractivity contribution in [3.8, 4) is 11.5 Å². The molecule has 0 bridgehead atoms. The van der Waals surface area contributed by atoms with Crippen LogP contribution in [0.15, 0.2) is 30.3 Å². The average Bonchev–Trinajstić information content (AvgIpc) is 2.43. The van der Waals surface area contributed by atoms with Crippen molar-refractivity contribution < 1.29 is 19.7 Å². The lowest BCUT2D eigenvalue weighted by Crippen LogP contribution is -2.47. The molecule has 0 aliphatic rings. The van der Waals surface area contributed by atoms with Gasteiger partial charge in [0.1, 0.15) is 8.07 Å². The van der Waals surface area contributed by atoms with Crippen LogP contribution in [0.3, 0.4) is 0 Å². The molecule has 2 atom stereocenters. The molecular formula is C15H20O4Si. The largest absolute Gasteiger partial charge is 0.467 e. The van der Waals surface area contributed by atoms with Gasteiger partial charge in [0.15, 0.2) is 6.10 Å². The Morgan fingerprint density at radius 3 is 2.30 bits per heavy atom. The number of carbonyl (C=O) groups is 1. The third-order valence-electron chi connectivity index (χ3n) is 2.69. The van der Waals surface area contributed by atoms with Crippen molar-refractivity contribution in [2.75, 3.05) is 7.11 Å². The summed E-state index contributed by atoms with van der Waals surface area (Å²) < 4.78 is 4.62. The molecule has 0 unspecified atom stereocenters. The zero-order chi connectivity index (χ0) is 15.4. The number of ether oxygens (including phenoxy) is 1. The number of esters is 1. The molecule has 0 aliphatic carbocycles. The van der Waals surface area contributed by atoms with E-state index in [-0.39, 0.29) is 5.56 Å². The van der Waals surface area contributed by atoms with Gasteiger partial charge in [-0.2, -0.15) is 0 Å². The third kappa shape index (κ3) is 3.70. The summed E-state index contributed by atoms with van der Waals surface area (Å²) in [6.45, 7) is 6.02. The Balaban J connectivity index is 3.26. The van der Waals surface area contributed by atoms with Gasteiger partial charge in [-0.3, -0.25) is 0 Å². The van der Waals surface area contributed by atoms with E-state index in [4.69, 9.17) is 0 Å². The van der Waals surface area contributed by atoms with E-state index in [0.717, 1.165) is 7.11 Å². The number of methoxy groups -OCH3 is 1. The van der Waals surface area contributed by atoms with Crippen molar-refractivity contribution in [2.45, 2.75) is 31.3 Å². The topological polar surface area (TPSA) is 66.8 Å². The summed E-state index contributed by atoms with van der Waals surface area (Å²) in [5, 5.41) is 20.8. The van der Waals surface area contributed by atoms with Crippen LogP contribution in [0.1, 0.15) is 5.56 Å². The van der Waals surface area contributed by atoms with Crippen LogP contribution in [0, 0.1) is 11.5 Å². The Morgan fingerprint density at radius 1 is 1.30 bits per heavy atom. The van der Waals surface area contributed by atoms with Gasteiger partial charge in [-0.05, 0) is 5.56 Å². The highest BCUT2D eigenvalue weighted by atomic mass is 28.3. The predicted molar refractivity (Wildman–Crippen MR) is 79.5 cm³/mol. The second-order valence-corrected chi connectivity index (χ2v) is 10.3. The first kappa shape index (κ1) is 16.4. The Kier molecular flexibility index (Phi) is 5.12. The van der Waals surface area contributed by atoms with Crippen LogP contribution in [-0.4, -0.2) is 37.5 Å². The molecule has 0 saturated carbocycles. The van der Waals surface area contributed by atoms with Gasteiger partial charge in [-0.1, -0.05) is 55.9 Å². The third-order valence-corrected chi connectivity index (χ3v) is 3.58. The summed E-state index contributed by atoms with van der Waals surface area (Å²) in [5.74, 6) is 1.66. The number of rotatable bonds is 3. The minimum Gasteiger partial charge on any atom is -0.467 e. The van der Waals surface area contributed by atoms with Crippen molar-refractivity contribution in [3.05, 3.63) is 35.9 Å². The fourth-order valence-corrected chi connectivity index (χ4v) is 2.19. The van der Waals surface area contributed by atoms with E-state index in [1.807, 2.05) is 19.6 Å². The van der Waals surface area contributed by atoms with Gasteiger partial charge in [0.2, 0.25) is 5.60 Å². The Morgan fingerprint density at radius 2 is 1.85 bits per heavy atom. The van der Waals surface area contributed by atoms with E-state index in [1.54, 1.807) is 30.3 Å². The summed E-state index contributed by atoms with van der Waals surface area (Å²) in [5.41, 5.74) is 1.02. The zero-order valence-electron chi connectivity index (χ0n) is 12.2. The minimum atomic E-state index is -2.18. The van der Waals surface area contributed by atoms with Crippen molar-refractivity contribution in [1.29, 1.82) is 0 Å². The Bertz CT molecular complexity index is 524. The molecule has 0 radical (unpaired) electrons. The van der Waals surface area contributed by atoms with E-state index in [1.165, 1.54) is 0 Å². The number of aliphatic hydroxyl groups excluding tert-OH is 1. The molecule has 0 heterocycles. The van der Waals surface area contributed by atoms with Crippen molar-refractivity contribution in [3.63, 3.8) is 0 Å². The molecule has 0 spiro atoms. The summed E-state index contributed by atoms with van der Waals surface area (Å²) >= 11 is 0. The molecule has 0 aromatic heterocycles. The normalized spacial score (nSPS) is 15.5. The monoisotopic (exact) mass is 292 g/mol. The quantitative estimate of drug-likeness (QED) is 0.500. The van der Waals surface area contributed by atoms with Crippen LogP contribution in [0.25, 0.3) is 0 Å². The molecule has 5 heteroatoms. The Hall–Kier alpha value is -1.61. The van der Waals surface area contributed by atoms with Crippen molar-refractivity contribution >= 4 is 14.0 Å². The molecule has 0 saturated heterocycles. The molecule has 0 aliphatic heterocycles. The molecule has 0 amide bonds. The SMILES string of the molecule is COC(=O)[C@@](O)(c1ccccc1)[C@H](O)C#C[Si](C)(C)C. The summed E-state index contributed by atoms with van der Waals surface area (Å²) in [6, 6.07) is 8.19. The summed E-state index contributed by atoms with van der Waals surface area (Å²) in [4.78, 5) is 11.9. The lowest BCUT2D eigenvalue weighted by Gasteiger charge is -2.27. The van der Waals surface area contributed by atoms with Gasteiger partial charge in [0.25, 0.3) is 0 Å². The number of hydrogen-bond acceptors (Lipinski definition) is 4. The highest BCUT2D eigenvalue weighted by Crippen LogP contribution is 2.26. The van der Waals surface area contributed by atoms with Crippen LogP contribution in [0.2, 0.25) is 19.6 Å². The lowest BCUT2D eigenvalue weighted by atomic mass is 9.88. The van der Waals surface area contributed by atoms with Crippen molar-refractivity contribution in [1.82, 2.24) is 0 Å². The summed E-state index contributed by atoms with van der Waals surface area (Å²) in [7, 11) is -0.567. The van der Waals surface area contributed by atoms with Crippen LogP contribution in [0.4, 0.5) is 0 Å². The van der Waals surface area contributed by atoms with Crippen LogP contribution >= 0.6 is 0 Å². The van der Waals surface area contributed by atoms with Crippen LogP contribution in [-0.2, 0) is 15.1 Å². The van der Waals surface area contributed by atoms with Gasteiger partial charge in [0, 0.05) is 0 Å². The van der Waals surface area contributed by atoms with Crippen LogP contribution < -0.4 is 0 Å². The van der Waals surface area contributed by atoms with E-state index in [2.05, 4.69) is 16.2 Å². The second-order valence-electron chi connectivity index (χ2n) is 5.55. The first-order valence-corrected chi connectivity index (χ1v) is 9.79. The second kappa shape index (κ2) is 6.22. The van der Waals surface area contributed by atoms with Gasteiger partial charge < -0.3 is 14.9 Å². The molecule has 4 nitrogen and oxygen atoms in total. The minimum absolute atomic E-state index is 0.254. The maximum atomic E-state index is 11.9. The van der Waals surface area contributed by atoms with Gasteiger partial charge >= 0.3 is 5.97 Å². The number of aliphatic hydroxyl groups is 2. The van der Waals surface area contributed by atoms with Crippen LogP contribution in [0.5, 0.6) is 0 Å². The molecule has 1 rings (SSSR count). The molecule has 1 aromatic rings. The van der Waals surface area contributed by atoms with Gasteiger partial charge in [-0.15, -0.1) is 5.54 Å². The molecule has 0 fully saturated rings. The highest BCUT2D eigenvalue weighted by Gasteiger charge is 2.45. The first-order chi connectivity index (χ1) is 9.21. The first-order valence-electron chi connectivity index (χ1n) is 6.29. The zero-order valence-corrected chi connectivity index (χ0v) is 13.2. The lowest BCUT2D eigenvalue weighted by molar-refractivity contribution is -0.173. The van der Waals surface area contributed by atoms with E-state index in [0.29, 0.717) is 0 Å². The van der Waals surface area contributed by atoms with Gasteiger partial charge in [-0.25, -0.2) is 4.79 Å². The predicted octanol–water partition coefficient (Wildman–Crippen LogP) is 1.29. The highest BCUT2D eigenvalue weighted by molar-refractivity contribution is 6.83. The standard InChI is InChI=1S/C15H20O4Si/c1-19-14(17)15(18,12-8-6-5-7-9-12)13(16)10-11-20(2,3)4/h5-9,13,16,18H,1-4H3/t13-,15-/m1/s1. The fraction of sp³-hybridized carbons (Fsp3) is 0.400. The molecule has 1 aromatic carbocycles. The van der Waals surface area contributed by atoms with Gasteiger partial charge in [0.05, 0.1) is 7.11 Å². The number of hydrogen-bond donors (Lipinski definition) is 2. The van der Waals surface area contributed by atoms with E-state index in [9.17, 15) is 15.0 Å². The number of benzene rings is 1. The molecule has 20 heavy (non-hydrogen) atoms. The number of carbonyl (C=O) groups excluding carboxylic acids is 1. The van der Waals surface area contributed by atoms with E-state index >= 15 is 0 Å². The van der Waals surface area contributed by atoms with E-state index < -0.39 is 25.7 Å². The average molecular weight is 292 g/mol. The maximum absolute atomic E-state index is 11.9. The Labute approximate surface area is 120 Å². The van der Waals surface area contributed by atoms with Crippen molar-refractivity contribution in [2.24, 2.45) is 0 Å². The molecule has 2 N–H and O–H groups in total.